The van der Waals surface area contributed by atoms with E-state index in [9.17, 15) is 4.79 Å². The fraction of sp³-hybridized carbons (Fsp3) is 0.545. The van der Waals surface area contributed by atoms with Crippen LogP contribution in [0.5, 0.6) is 0 Å². The lowest BCUT2D eigenvalue weighted by Crippen LogP contribution is -2.49. The summed E-state index contributed by atoms with van der Waals surface area (Å²) in [6.07, 6.45) is 5.47. The molecule has 0 fully saturated rings. The molecule has 4 N–H and O–H groups in total. The molecule has 0 aliphatic carbocycles. The van der Waals surface area contributed by atoms with Crippen molar-refractivity contribution >= 4 is 5.91 Å². The smallest absolute Gasteiger partial charge is 0.240 e. The molecule has 0 spiro atoms. The molecule has 1 amide bonds. The molecular weight excluding hydrogens is 350 g/mol. The number of fused-ring (bicyclic) bond motifs is 1. The predicted octanol–water partition coefficient (Wildman–Crippen LogP) is 2.94. The zero-order valence-electron chi connectivity index (χ0n) is 17.1. The van der Waals surface area contributed by atoms with Crippen LogP contribution < -0.4 is 11.5 Å². The number of nitrogens with zero attached hydrogens (tertiary/aromatic N) is 3. The molecule has 1 aromatic heterocycles. The number of imidazole rings is 1. The van der Waals surface area contributed by atoms with Gasteiger partial charge in [-0.25, -0.2) is 4.98 Å². The molecule has 2 atom stereocenters. The normalized spacial score (nSPS) is 17.6. The Kier molecular flexibility index (Phi) is 6.86. The van der Waals surface area contributed by atoms with E-state index < -0.39 is 6.04 Å². The molecule has 1 aliphatic heterocycles. The van der Waals surface area contributed by atoms with E-state index in [1.807, 2.05) is 23.1 Å². The van der Waals surface area contributed by atoms with Gasteiger partial charge in [0.15, 0.2) is 0 Å². The second kappa shape index (κ2) is 9.34. The Labute approximate surface area is 167 Å². The summed E-state index contributed by atoms with van der Waals surface area (Å²) in [6.45, 7) is 6.44. The summed E-state index contributed by atoms with van der Waals surface area (Å²) in [5.41, 5.74) is 13.9. The van der Waals surface area contributed by atoms with Gasteiger partial charge in [0.1, 0.15) is 5.82 Å². The number of unbranched alkanes of at least 4 members (excludes halogenated alkanes) is 1. The van der Waals surface area contributed by atoms with E-state index in [-0.39, 0.29) is 11.9 Å². The first-order valence-electron chi connectivity index (χ1n) is 10.4. The Morgan fingerprint density at radius 1 is 1.21 bits per heavy atom. The highest BCUT2D eigenvalue weighted by Gasteiger charge is 2.35. The van der Waals surface area contributed by atoms with Crippen LogP contribution in [0.25, 0.3) is 11.3 Å². The molecule has 2 aromatic rings. The van der Waals surface area contributed by atoms with Gasteiger partial charge in [-0.3, -0.25) is 4.79 Å². The van der Waals surface area contributed by atoms with Crippen molar-refractivity contribution in [1.29, 1.82) is 0 Å². The van der Waals surface area contributed by atoms with Crippen LogP contribution in [0.4, 0.5) is 0 Å². The minimum absolute atomic E-state index is 0.0285. The van der Waals surface area contributed by atoms with Crippen molar-refractivity contribution in [2.24, 2.45) is 17.4 Å². The van der Waals surface area contributed by atoms with E-state index in [4.69, 9.17) is 16.5 Å². The van der Waals surface area contributed by atoms with Crippen molar-refractivity contribution < 1.29 is 4.79 Å². The number of benzene rings is 1. The van der Waals surface area contributed by atoms with Gasteiger partial charge < -0.3 is 20.9 Å². The van der Waals surface area contributed by atoms with Crippen LogP contribution in [0.1, 0.15) is 51.4 Å². The number of rotatable bonds is 8. The lowest BCUT2D eigenvalue weighted by Gasteiger charge is -2.38. The topological polar surface area (TPSA) is 90.2 Å². The highest BCUT2D eigenvalue weighted by atomic mass is 16.2. The lowest BCUT2D eigenvalue weighted by atomic mass is 9.98. The number of carbonyl (C=O) groups excluding carboxylic acids is 1. The third-order valence-corrected chi connectivity index (χ3v) is 5.40. The van der Waals surface area contributed by atoms with Gasteiger partial charge in [0, 0.05) is 24.8 Å². The summed E-state index contributed by atoms with van der Waals surface area (Å²) < 4.78 is 2.21. The van der Waals surface area contributed by atoms with Crippen LogP contribution in [0, 0.1) is 5.92 Å². The van der Waals surface area contributed by atoms with Crippen molar-refractivity contribution in [3.63, 3.8) is 0 Å². The van der Waals surface area contributed by atoms with E-state index in [1.54, 1.807) is 0 Å². The maximum Gasteiger partial charge on any atom is 0.240 e. The van der Waals surface area contributed by atoms with Crippen LogP contribution in [-0.4, -0.2) is 39.5 Å². The van der Waals surface area contributed by atoms with Crippen LogP contribution in [-0.2, 0) is 11.3 Å². The van der Waals surface area contributed by atoms with Crippen LogP contribution >= 0.6 is 0 Å². The van der Waals surface area contributed by atoms with Gasteiger partial charge in [0.25, 0.3) is 0 Å². The number of hydrogen-bond donors (Lipinski definition) is 2. The largest absolute Gasteiger partial charge is 0.331 e. The van der Waals surface area contributed by atoms with Gasteiger partial charge >= 0.3 is 0 Å². The van der Waals surface area contributed by atoms with Gasteiger partial charge in [-0.1, -0.05) is 50.6 Å². The van der Waals surface area contributed by atoms with E-state index in [2.05, 4.69) is 36.7 Å². The Morgan fingerprint density at radius 2 is 1.96 bits per heavy atom. The van der Waals surface area contributed by atoms with E-state index in [0.29, 0.717) is 25.4 Å². The van der Waals surface area contributed by atoms with Crippen molar-refractivity contribution in [1.82, 2.24) is 14.5 Å². The Balaban J connectivity index is 1.84. The SMILES string of the molecule is CC(C)C[C@@H]1c2nc(-c3ccccc3)cn2CCN1C(=O)[C@@H](N)CCCCN. The van der Waals surface area contributed by atoms with Gasteiger partial charge in [0.2, 0.25) is 5.91 Å². The molecule has 2 heterocycles. The second-order valence-corrected chi connectivity index (χ2v) is 8.11. The quantitative estimate of drug-likeness (QED) is 0.686. The van der Waals surface area contributed by atoms with E-state index in [1.165, 1.54) is 0 Å². The van der Waals surface area contributed by atoms with Crippen molar-refractivity contribution in [2.45, 2.75) is 58.2 Å². The molecule has 0 radical (unpaired) electrons. The van der Waals surface area contributed by atoms with Crippen molar-refractivity contribution in [3.05, 3.63) is 42.4 Å². The number of hydrogen-bond acceptors (Lipinski definition) is 4. The third-order valence-electron chi connectivity index (χ3n) is 5.40. The number of amides is 1. The Bertz CT molecular complexity index is 770. The highest BCUT2D eigenvalue weighted by Crippen LogP contribution is 2.33. The Morgan fingerprint density at radius 3 is 2.64 bits per heavy atom. The summed E-state index contributed by atoms with van der Waals surface area (Å²) in [5.74, 6) is 1.47. The minimum Gasteiger partial charge on any atom is -0.331 e. The number of carbonyl (C=O) groups is 1. The predicted molar refractivity (Wildman–Crippen MR) is 112 cm³/mol. The summed E-state index contributed by atoms with van der Waals surface area (Å²) in [4.78, 5) is 20.0. The van der Waals surface area contributed by atoms with Crippen LogP contribution in [0.2, 0.25) is 0 Å². The molecule has 0 saturated heterocycles. The summed E-state index contributed by atoms with van der Waals surface area (Å²) in [5, 5.41) is 0. The first kappa shape index (κ1) is 20.6. The fourth-order valence-corrected chi connectivity index (χ4v) is 3.92. The zero-order valence-corrected chi connectivity index (χ0v) is 17.1. The standard InChI is InChI=1S/C22H33N5O/c1-16(2)14-20-21-25-19(17-8-4-3-5-9-17)15-26(21)12-13-27(20)22(28)18(24)10-6-7-11-23/h3-5,8-9,15-16,18,20H,6-7,10-14,23-24H2,1-2H3/t18-,20+/m0/s1. The molecule has 152 valence electrons. The second-order valence-electron chi connectivity index (χ2n) is 8.11. The first-order chi connectivity index (χ1) is 13.5. The average Bonchev–Trinajstić information content (AvgIpc) is 3.13. The van der Waals surface area contributed by atoms with E-state index >= 15 is 0 Å². The molecule has 0 unspecified atom stereocenters. The summed E-state index contributed by atoms with van der Waals surface area (Å²) in [7, 11) is 0. The lowest BCUT2D eigenvalue weighted by molar-refractivity contribution is -0.137. The summed E-state index contributed by atoms with van der Waals surface area (Å²) in [6, 6.07) is 9.71. The maximum absolute atomic E-state index is 13.1. The van der Waals surface area contributed by atoms with Gasteiger partial charge in [0.05, 0.1) is 17.8 Å². The third kappa shape index (κ3) is 4.62. The average molecular weight is 384 g/mol. The molecule has 0 bridgehead atoms. The van der Waals surface area contributed by atoms with Crippen molar-refractivity contribution in [3.8, 4) is 11.3 Å². The molecular formula is C22H33N5O. The molecule has 3 rings (SSSR count). The highest BCUT2D eigenvalue weighted by molar-refractivity contribution is 5.82. The maximum atomic E-state index is 13.1. The minimum atomic E-state index is -0.462. The Hall–Kier alpha value is -2.18. The van der Waals surface area contributed by atoms with Crippen LogP contribution in [0.15, 0.2) is 36.5 Å². The van der Waals surface area contributed by atoms with Gasteiger partial charge in [-0.2, -0.15) is 0 Å². The monoisotopic (exact) mass is 383 g/mol. The summed E-state index contributed by atoms with van der Waals surface area (Å²) >= 11 is 0. The fourth-order valence-electron chi connectivity index (χ4n) is 3.92. The molecule has 1 aromatic carbocycles. The number of aromatic nitrogens is 2. The van der Waals surface area contributed by atoms with Gasteiger partial charge in [-0.15, -0.1) is 0 Å². The molecule has 1 aliphatic rings. The molecule has 6 heteroatoms. The number of nitrogens with two attached hydrogens (primary N) is 2. The van der Waals surface area contributed by atoms with Crippen LogP contribution in [0.3, 0.4) is 0 Å². The van der Waals surface area contributed by atoms with E-state index in [0.717, 1.165) is 42.9 Å². The zero-order chi connectivity index (χ0) is 20.1. The first-order valence-corrected chi connectivity index (χ1v) is 10.4. The molecule has 6 nitrogen and oxygen atoms in total. The molecule has 28 heavy (non-hydrogen) atoms. The molecule has 0 saturated carbocycles. The van der Waals surface area contributed by atoms with Crippen molar-refractivity contribution in [2.75, 3.05) is 13.1 Å². The van der Waals surface area contributed by atoms with Gasteiger partial charge in [-0.05, 0) is 31.7 Å².